The predicted molar refractivity (Wildman–Crippen MR) is 53.1 cm³/mol. The Morgan fingerprint density at radius 2 is 2.08 bits per heavy atom. The standard InChI is InChI=1S/C8H18N2O2S/c1-2-9-6-3-7-13(11,12)10-8-4-5-8/h8-10H,2-7H2,1H3. The Morgan fingerprint density at radius 1 is 1.38 bits per heavy atom. The number of sulfonamides is 1. The Labute approximate surface area is 80.1 Å². The zero-order valence-electron chi connectivity index (χ0n) is 8.04. The minimum atomic E-state index is -2.99. The van der Waals surface area contributed by atoms with Crippen molar-refractivity contribution >= 4 is 10.0 Å². The van der Waals surface area contributed by atoms with Gasteiger partial charge in [0.25, 0.3) is 0 Å². The second-order valence-corrected chi connectivity index (χ2v) is 5.29. The van der Waals surface area contributed by atoms with E-state index in [9.17, 15) is 8.42 Å². The van der Waals surface area contributed by atoms with E-state index in [1.54, 1.807) is 0 Å². The lowest BCUT2D eigenvalue weighted by Gasteiger charge is -2.04. The fourth-order valence-electron chi connectivity index (χ4n) is 1.08. The Balaban J connectivity index is 2.10. The summed E-state index contributed by atoms with van der Waals surface area (Å²) in [6, 6.07) is 0.240. The third kappa shape index (κ3) is 5.23. The molecule has 0 atom stereocenters. The van der Waals surface area contributed by atoms with Crippen LogP contribution >= 0.6 is 0 Å². The van der Waals surface area contributed by atoms with Crippen LogP contribution in [0.2, 0.25) is 0 Å². The quantitative estimate of drug-likeness (QED) is 0.579. The Morgan fingerprint density at radius 3 is 2.62 bits per heavy atom. The van der Waals surface area contributed by atoms with Crippen molar-refractivity contribution < 1.29 is 8.42 Å². The third-order valence-corrected chi connectivity index (χ3v) is 3.46. The second-order valence-electron chi connectivity index (χ2n) is 3.42. The van der Waals surface area contributed by atoms with Crippen LogP contribution in [0.3, 0.4) is 0 Å². The number of hydrogen-bond acceptors (Lipinski definition) is 3. The molecule has 2 N–H and O–H groups in total. The molecule has 1 aliphatic rings. The molecule has 1 aliphatic carbocycles. The molecule has 1 saturated carbocycles. The van der Waals surface area contributed by atoms with E-state index in [1.807, 2.05) is 6.92 Å². The molecule has 0 amide bonds. The average Bonchev–Trinajstić information content (AvgIpc) is 2.81. The van der Waals surface area contributed by atoms with Crippen LogP contribution < -0.4 is 10.0 Å². The van der Waals surface area contributed by atoms with E-state index in [2.05, 4.69) is 10.0 Å². The van der Waals surface area contributed by atoms with Crippen LogP contribution in [-0.2, 0) is 10.0 Å². The molecule has 0 unspecified atom stereocenters. The molecule has 0 aromatic rings. The topological polar surface area (TPSA) is 58.2 Å². The van der Waals surface area contributed by atoms with Crippen molar-refractivity contribution in [1.82, 2.24) is 10.0 Å². The molecule has 78 valence electrons. The zero-order valence-corrected chi connectivity index (χ0v) is 8.86. The van der Waals surface area contributed by atoms with Crippen molar-refractivity contribution in [3.63, 3.8) is 0 Å². The van der Waals surface area contributed by atoms with Crippen molar-refractivity contribution in [2.45, 2.75) is 32.2 Å². The first kappa shape index (κ1) is 10.9. The highest BCUT2D eigenvalue weighted by Crippen LogP contribution is 2.19. The average molecular weight is 206 g/mol. The van der Waals surface area contributed by atoms with Crippen molar-refractivity contribution in [2.24, 2.45) is 0 Å². The van der Waals surface area contributed by atoms with E-state index >= 15 is 0 Å². The molecule has 0 spiro atoms. The predicted octanol–water partition coefficient (Wildman–Crippen LogP) is 0.0678. The molecule has 5 heteroatoms. The van der Waals surface area contributed by atoms with E-state index < -0.39 is 10.0 Å². The minimum absolute atomic E-state index is 0.240. The van der Waals surface area contributed by atoms with E-state index in [-0.39, 0.29) is 11.8 Å². The third-order valence-electron chi connectivity index (χ3n) is 1.94. The number of hydrogen-bond donors (Lipinski definition) is 2. The maximum absolute atomic E-state index is 11.3. The van der Waals surface area contributed by atoms with Crippen LogP contribution in [0.4, 0.5) is 0 Å². The summed E-state index contributed by atoms with van der Waals surface area (Å²) < 4.78 is 25.3. The summed E-state index contributed by atoms with van der Waals surface area (Å²) in [5.41, 5.74) is 0. The van der Waals surface area contributed by atoms with Crippen LogP contribution in [0.1, 0.15) is 26.2 Å². The van der Waals surface area contributed by atoms with Crippen molar-refractivity contribution in [3.05, 3.63) is 0 Å². The Kier molecular flexibility index (Phi) is 4.15. The summed E-state index contributed by atoms with van der Waals surface area (Å²) in [4.78, 5) is 0. The van der Waals surface area contributed by atoms with Gasteiger partial charge in [-0.1, -0.05) is 6.92 Å². The first-order valence-corrected chi connectivity index (χ1v) is 6.50. The fraction of sp³-hybridized carbons (Fsp3) is 1.00. The van der Waals surface area contributed by atoms with Gasteiger partial charge in [0.15, 0.2) is 0 Å². The minimum Gasteiger partial charge on any atom is -0.317 e. The van der Waals surface area contributed by atoms with Gasteiger partial charge in [0.05, 0.1) is 5.75 Å². The number of rotatable bonds is 7. The molecule has 0 aromatic heterocycles. The molecule has 4 nitrogen and oxygen atoms in total. The SMILES string of the molecule is CCNCCCS(=O)(=O)NC1CC1. The molecule has 0 aromatic carbocycles. The molecule has 13 heavy (non-hydrogen) atoms. The van der Waals surface area contributed by atoms with Crippen molar-refractivity contribution in [2.75, 3.05) is 18.8 Å². The van der Waals surface area contributed by atoms with Crippen LogP contribution in [0.5, 0.6) is 0 Å². The smallest absolute Gasteiger partial charge is 0.211 e. The molecule has 0 heterocycles. The number of nitrogens with one attached hydrogen (secondary N) is 2. The fourth-order valence-corrected chi connectivity index (χ4v) is 2.46. The monoisotopic (exact) mass is 206 g/mol. The molecule has 0 bridgehead atoms. The molecule has 0 radical (unpaired) electrons. The highest BCUT2D eigenvalue weighted by atomic mass is 32.2. The summed E-state index contributed by atoms with van der Waals surface area (Å²) >= 11 is 0. The molecular formula is C8H18N2O2S. The highest BCUT2D eigenvalue weighted by molar-refractivity contribution is 7.89. The summed E-state index contributed by atoms with van der Waals surface area (Å²) in [7, 11) is -2.99. The zero-order chi connectivity index (χ0) is 9.73. The van der Waals surface area contributed by atoms with E-state index in [4.69, 9.17) is 0 Å². The maximum Gasteiger partial charge on any atom is 0.211 e. The van der Waals surface area contributed by atoms with E-state index in [0.29, 0.717) is 6.42 Å². The Hall–Kier alpha value is -0.130. The first-order chi connectivity index (χ1) is 6.14. The molecule has 0 aliphatic heterocycles. The Bertz CT molecular complexity index is 235. The normalized spacial score (nSPS) is 17.6. The van der Waals surface area contributed by atoms with Gasteiger partial charge in [-0.2, -0.15) is 0 Å². The lowest BCUT2D eigenvalue weighted by molar-refractivity contribution is 0.575. The lowest BCUT2D eigenvalue weighted by Crippen LogP contribution is -2.29. The van der Waals surface area contributed by atoms with E-state index in [1.165, 1.54) is 0 Å². The summed E-state index contributed by atoms with van der Waals surface area (Å²) in [5, 5.41) is 3.10. The van der Waals surface area contributed by atoms with Crippen LogP contribution in [-0.4, -0.2) is 33.3 Å². The van der Waals surface area contributed by atoms with Gasteiger partial charge < -0.3 is 5.32 Å². The van der Waals surface area contributed by atoms with Gasteiger partial charge in [-0.3, -0.25) is 0 Å². The summed E-state index contributed by atoms with van der Waals surface area (Å²) in [6.45, 7) is 3.69. The van der Waals surface area contributed by atoms with Gasteiger partial charge in [-0.25, -0.2) is 13.1 Å². The molecule has 1 fully saturated rings. The first-order valence-electron chi connectivity index (χ1n) is 4.85. The van der Waals surface area contributed by atoms with E-state index in [0.717, 1.165) is 25.9 Å². The van der Waals surface area contributed by atoms with Crippen LogP contribution in [0, 0.1) is 0 Å². The van der Waals surface area contributed by atoms with Crippen LogP contribution in [0.25, 0.3) is 0 Å². The molecule has 0 saturated heterocycles. The molecular weight excluding hydrogens is 188 g/mol. The van der Waals surface area contributed by atoms with Gasteiger partial charge in [0.1, 0.15) is 0 Å². The summed E-state index contributed by atoms with van der Waals surface area (Å²) in [6.07, 6.45) is 2.70. The van der Waals surface area contributed by atoms with Gasteiger partial charge in [0, 0.05) is 6.04 Å². The lowest BCUT2D eigenvalue weighted by atomic mass is 10.5. The van der Waals surface area contributed by atoms with Crippen molar-refractivity contribution in [1.29, 1.82) is 0 Å². The van der Waals surface area contributed by atoms with Gasteiger partial charge in [-0.15, -0.1) is 0 Å². The van der Waals surface area contributed by atoms with Gasteiger partial charge >= 0.3 is 0 Å². The highest BCUT2D eigenvalue weighted by Gasteiger charge is 2.26. The molecule has 1 rings (SSSR count). The largest absolute Gasteiger partial charge is 0.317 e. The summed E-state index contributed by atoms with van der Waals surface area (Å²) in [5.74, 6) is 0.247. The van der Waals surface area contributed by atoms with Crippen LogP contribution in [0.15, 0.2) is 0 Å². The van der Waals surface area contributed by atoms with Gasteiger partial charge in [-0.05, 0) is 32.4 Å². The van der Waals surface area contributed by atoms with Gasteiger partial charge in [0.2, 0.25) is 10.0 Å². The second kappa shape index (κ2) is 4.93. The van der Waals surface area contributed by atoms with Crippen molar-refractivity contribution in [3.8, 4) is 0 Å². The maximum atomic E-state index is 11.3.